The first kappa shape index (κ1) is 32.6. The van der Waals surface area contributed by atoms with Crippen LogP contribution in [0.5, 0.6) is 0 Å². The van der Waals surface area contributed by atoms with Gasteiger partial charge in [0.2, 0.25) is 0 Å². The molecule has 0 saturated carbocycles. The highest BCUT2D eigenvalue weighted by Crippen LogP contribution is 2.47. The third kappa shape index (κ3) is 4.99. The van der Waals surface area contributed by atoms with E-state index in [0.717, 1.165) is 55.5 Å². The summed E-state index contributed by atoms with van der Waals surface area (Å²) in [6.45, 7) is 0. The highest BCUT2D eigenvalue weighted by molar-refractivity contribution is 6.19. The molecule has 0 aliphatic carbocycles. The quantitative estimate of drug-likeness (QED) is 0.164. The lowest BCUT2D eigenvalue weighted by molar-refractivity contribution is 0.674. The molecule has 2 nitrogen and oxygen atoms in total. The van der Waals surface area contributed by atoms with Crippen LogP contribution >= 0.6 is 0 Å². The summed E-state index contributed by atoms with van der Waals surface area (Å²) >= 11 is 0. The van der Waals surface area contributed by atoms with Gasteiger partial charge in [-0.1, -0.05) is 176 Å². The van der Waals surface area contributed by atoms with Gasteiger partial charge in [0.1, 0.15) is 11.2 Å². The van der Waals surface area contributed by atoms with Crippen LogP contribution in [0.25, 0.3) is 98.1 Å². The third-order valence-electron chi connectivity index (χ3n) is 12.0. The molecule has 0 saturated heterocycles. The van der Waals surface area contributed by atoms with E-state index in [1.807, 2.05) is 0 Å². The molecule has 58 heavy (non-hydrogen) atoms. The molecule has 0 spiro atoms. The maximum atomic E-state index is 6.93. The van der Waals surface area contributed by atoms with Crippen molar-refractivity contribution in [3.63, 3.8) is 0 Å². The topological polar surface area (TPSA) is 16.4 Å². The van der Waals surface area contributed by atoms with Crippen LogP contribution in [0.1, 0.15) is 0 Å². The van der Waals surface area contributed by atoms with E-state index in [1.54, 1.807) is 0 Å². The highest BCUT2D eigenvalue weighted by Gasteiger charge is 2.23. The molecule has 270 valence electrons. The maximum Gasteiger partial charge on any atom is 0.143 e. The molecule has 0 unspecified atom stereocenters. The monoisotopic (exact) mass is 737 g/mol. The summed E-state index contributed by atoms with van der Waals surface area (Å²) in [5.41, 5.74) is 9.64. The minimum absolute atomic E-state index is 0.892. The Morgan fingerprint density at radius 1 is 0.276 bits per heavy atom. The van der Waals surface area contributed by atoms with Crippen LogP contribution in [-0.4, -0.2) is 0 Å². The molecule has 0 atom stereocenters. The zero-order valence-corrected chi connectivity index (χ0v) is 31.6. The van der Waals surface area contributed by atoms with Crippen molar-refractivity contribution >= 4 is 92.9 Å². The Hall–Kier alpha value is -7.68. The van der Waals surface area contributed by atoms with E-state index in [4.69, 9.17) is 4.42 Å². The van der Waals surface area contributed by atoms with Crippen LogP contribution in [-0.2, 0) is 0 Å². The molecule has 1 heterocycles. The highest BCUT2D eigenvalue weighted by atomic mass is 16.3. The van der Waals surface area contributed by atoms with Gasteiger partial charge in [-0.05, 0) is 90.6 Å². The first-order valence-electron chi connectivity index (χ1n) is 19.9. The number of fused-ring (bicyclic) bond motifs is 11. The van der Waals surface area contributed by atoms with Crippen LogP contribution in [0, 0.1) is 0 Å². The Kier molecular flexibility index (Phi) is 7.26. The van der Waals surface area contributed by atoms with Gasteiger partial charge in [0, 0.05) is 38.4 Å². The van der Waals surface area contributed by atoms with Gasteiger partial charge in [0.15, 0.2) is 0 Å². The van der Waals surface area contributed by atoms with E-state index in [9.17, 15) is 0 Å². The molecule has 0 N–H and O–H groups in total. The van der Waals surface area contributed by atoms with Crippen molar-refractivity contribution in [1.82, 2.24) is 0 Å². The lowest BCUT2D eigenvalue weighted by atomic mass is 9.93. The Bertz CT molecular complexity index is 3580. The molecule has 0 aliphatic heterocycles. The van der Waals surface area contributed by atoms with E-state index in [-0.39, 0.29) is 0 Å². The molecule has 11 aromatic carbocycles. The van der Waals surface area contributed by atoms with Crippen molar-refractivity contribution < 1.29 is 4.42 Å². The second-order valence-electron chi connectivity index (χ2n) is 15.2. The first-order chi connectivity index (χ1) is 28.8. The summed E-state index contributed by atoms with van der Waals surface area (Å²) in [5, 5.41) is 14.5. The van der Waals surface area contributed by atoms with Crippen molar-refractivity contribution in [2.75, 3.05) is 4.90 Å². The zero-order valence-electron chi connectivity index (χ0n) is 31.6. The average molecular weight is 738 g/mol. The van der Waals surface area contributed by atoms with Gasteiger partial charge in [0.05, 0.1) is 11.4 Å². The van der Waals surface area contributed by atoms with Crippen LogP contribution in [0.4, 0.5) is 17.1 Å². The molecule has 0 radical (unpaired) electrons. The molecule has 1 aromatic heterocycles. The molecular formula is C56H35NO. The minimum atomic E-state index is 0.892. The molecule has 0 aliphatic rings. The summed E-state index contributed by atoms with van der Waals surface area (Å²) in [7, 11) is 0. The fourth-order valence-corrected chi connectivity index (χ4v) is 9.34. The Labute approximate surface area is 335 Å². The van der Waals surface area contributed by atoms with Crippen molar-refractivity contribution in [3.8, 4) is 22.3 Å². The van der Waals surface area contributed by atoms with Crippen LogP contribution < -0.4 is 4.90 Å². The number of hydrogen-bond acceptors (Lipinski definition) is 2. The van der Waals surface area contributed by atoms with Gasteiger partial charge in [-0.2, -0.15) is 0 Å². The standard InChI is InChI=1S/C56H35NO/c1-4-16-41-36(13-1)29-33-48-45(41)22-12-26-54(48)57(40-31-27-38(28-32-40)52-35-39-15-3-5-17-42(39)44-19-7-8-20-46(44)52)53-25-10-9-21-47(53)49-23-11-24-50-51-34-30-37-14-2-6-18-43(37)55(51)58-56(49)50/h1-35H. The summed E-state index contributed by atoms with van der Waals surface area (Å²) in [5.74, 6) is 0. The number of furan rings is 1. The van der Waals surface area contributed by atoms with Crippen LogP contribution in [0.15, 0.2) is 217 Å². The Morgan fingerprint density at radius 3 is 1.60 bits per heavy atom. The third-order valence-corrected chi connectivity index (χ3v) is 12.0. The first-order valence-corrected chi connectivity index (χ1v) is 19.9. The van der Waals surface area contributed by atoms with E-state index < -0.39 is 0 Å². The van der Waals surface area contributed by atoms with E-state index in [2.05, 4.69) is 217 Å². The maximum absolute atomic E-state index is 6.93. The van der Waals surface area contributed by atoms with Crippen molar-refractivity contribution in [3.05, 3.63) is 212 Å². The lowest BCUT2D eigenvalue weighted by Crippen LogP contribution is -2.11. The number of hydrogen-bond donors (Lipinski definition) is 0. The van der Waals surface area contributed by atoms with E-state index in [0.29, 0.717) is 0 Å². The smallest absolute Gasteiger partial charge is 0.143 e. The van der Waals surface area contributed by atoms with Gasteiger partial charge in [0.25, 0.3) is 0 Å². The normalized spacial score (nSPS) is 11.8. The number of para-hydroxylation sites is 2. The van der Waals surface area contributed by atoms with Crippen molar-refractivity contribution in [2.45, 2.75) is 0 Å². The average Bonchev–Trinajstić information content (AvgIpc) is 3.69. The second-order valence-corrected chi connectivity index (χ2v) is 15.2. The van der Waals surface area contributed by atoms with E-state index in [1.165, 1.54) is 59.6 Å². The van der Waals surface area contributed by atoms with Gasteiger partial charge in [-0.3, -0.25) is 0 Å². The molecular weight excluding hydrogens is 703 g/mol. The summed E-state index contributed by atoms with van der Waals surface area (Å²) in [6.07, 6.45) is 0. The van der Waals surface area contributed by atoms with Gasteiger partial charge < -0.3 is 9.32 Å². The van der Waals surface area contributed by atoms with E-state index >= 15 is 0 Å². The second kappa shape index (κ2) is 12.9. The molecule has 0 bridgehead atoms. The number of benzene rings is 11. The van der Waals surface area contributed by atoms with Gasteiger partial charge in [-0.25, -0.2) is 0 Å². The Balaban J connectivity index is 1.09. The predicted molar refractivity (Wildman–Crippen MR) is 247 cm³/mol. The summed E-state index contributed by atoms with van der Waals surface area (Å²) < 4.78 is 6.93. The summed E-state index contributed by atoms with van der Waals surface area (Å²) in [6, 6.07) is 77.0. The Morgan fingerprint density at radius 2 is 0.793 bits per heavy atom. The van der Waals surface area contributed by atoms with Gasteiger partial charge >= 0.3 is 0 Å². The molecule has 12 aromatic rings. The number of anilines is 3. The fraction of sp³-hybridized carbons (Fsp3) is 0. The lowest BCUT2D eigenvalue weighted by Gasteiger charge is -2.29. The number of nitrogens with zero attached hydrogens (tertiary/aromatic N) is 1. The zero-order chi connectivity index (χ0) is 38.2. The van der Waals surface area contributed by atoms with Crippen LogP contribution in [0.2, 0.25) is 0 Å². The molecule has 0 amide bonds. The SMILES string of the molecule is c1ccc(N(c2ccc(-c3cc4ccccc4c4ccccc34)cc2)c2cccc3c2ccc2ccccc23)c(-c2cccc3c2oc2c4ccccc4ccc32)c1. The summed E-state index contributed by atoms with van der Waals surface area (Å²) in [4.78, 5) is 2.44. The van der Waals surface area contributed by atoms with Crippen molar-refractivity contribution in [2.24, 2.45) is 0 Å². The molecule has 0 fully saturated rings. The fourth-order valence-electron chi connectivity index (χ4n) is 9.34. The molecule has 2 heteroatoms. The minimum Gasteiger partial charge on any atom is -0.455 e. The van der Waals surface area contributed by atoms with Gasteiger partial charge in [-0.15, -0.1) is 0 Å². The van der Waals surface area contributed by atoms with Crippen LogP contribution in [0.3, 0.4) is 0 Å². The largest absolute Gasteiger partial charge is 0.455 e. The molecule has 12 rings (SSSR count). The number of rotatable bonds is 5. The predicted octanol–water partition coefficient (Wildman–Crippen LogP) is 16.2. The van der Waals surface area contributed by atoms with Crippen molar-refractivity contribution in [1.29, 1.82) is 0 Å².